The van der Waals surface area contributed by atoms with Crippen LogP contribution in [0.4, 0.5) is 5.69 Å². The van der Waals surface area contributed by atoms with E-state index in [1.165, 1.54) is 38.8 Å². The van der Waals surface area contributed by atoms with Gasteiger partial charge in [-0.25, -0.2) is 0 Å². The first-order chi connectivity index (χ1) is 11.8. The Kier molecular flexibility index (Phi) is 4.23. The Bertz CT molecular complexity index is 688. The molecule has 0 spiro atoms. The summed E-state index contributed by atoms with van der Waals surface area (Å²) >= 11 is 3.52. The van der Waals surface area contributed by atoms with Gasteiger partial charge in [-0.1, -0.05) is 12.8 Å². The highest BCUT2D eigenvalue weighted by Gasteiger charge is 2.54. The Morgan fingerprint density at radius 2 is 1.76 bits per heavy atom. The van der Waals surface area contributed by atoms with Crippen LogP contribution in [0.15, 0.2) is 16.7 Å². The van der Waals surface area contributed by atoms with Gasteiger partial charge in [0.15, 0.2) is 0 Å². The molecule has 1 aromatic heterocycles. The minimum atomic E-state index is -0.523. The van der Waals surface area contributed by atoms with Crippen LogP contribution >= 0.6 is 15.9 Å². The standard InChI is InChI=1S/C20H28BrN3O/c1-19(2)17-16(10-14(21)13-22-17)24(18(19)25)15-11-20(3,12-15)23-8-6-4-5-7-9-23/h10,13,15H,4-9,11-12H2,1-3H3/t15-,20+. The average Bonchev–Trinajstić information content (AvgIpc) is 2.75. The van der Waals surface area contributed by atoms with Crippen LogP contribution < -0.4 is 4.90 Å². The lowest BCUT2D eigenvalue weighted by molar-refractivity contribution is -0.123. The van der Waals surface area contributed by atoms with Crippen molar-refractivity contribution in [2.24, 2.45) is 0 Å². The number of fused-ring (bicyclic) bond motifs is 1. The van der Waals surface area contributed by atoms with Crippen LogP contribution in [0.3, 0.4) is 0 Å². The second kappa shape index (κ2) is 6.05. The molecule has 0 unspecified atom stereocenters. The van der Waals surface area contributed by atoms with Gasteiger partial charge in [-0.15, -0.1) is 0 Å². The maximum absolute atomic E-state index is 13.1. The molecule has 1 aliphatic carbocycles. The fourth-order valence-corrected chi connectivity index (χ4v) is 5.29. The largest absolute Gasteiger partial charge is 0.307 e. The Balaban J connectivity index is 1.56. The highest BCUT2D eigenvalue weighted by molar-refractivity contribution is 9.10. The van der Waals surface area contributed by atoms with Crippen molar-refractivity contribution in [3.05, 3.63) is 22.4 Å². The number of pyridine rings is 1. The summed E-state index contributed by atoms with van der Waals surface area (Å²) in [4.78, 5) is 22.4. The number of rotatable bonds is 2. The molecule has 0 radical (unpaired) electrons. The van der Waals surface area contributed by atoms with E-state index in [1.54, 1.807) is 6.20 Å². The molecule has 1 saturated carbocycles. The fourth-order valence-electron chi connectivity index (χ4n) is 4.97. The summed E-state index contributed by atoms with van der Waals surface area (Å²) in [7, 11) is 0. The molecular formula is C20H28BrN3O. The van der Waals surface area contributed by atoms with E-state index in [9.17, 15) is 4.79 Å². The van der Waals surface area contributed by atoms with Crippen LogP contribution in [0.1, 0.15) is 65.0 Å². The summed E-state index contributed by atoms with van der Waals surface area (Å²) in [5.41, 5.74) is 1.66. The number of aromatic nitrogens is 1. The van der Waals surface area contributed by atoms with Crippen molar-refractivity contribution >= 4 is 27.5 Å². The minimum absolute atomic E-state index is 0.205. The van der Waals surface area contributed by atoms with Crippen LogP contribution in [-0.2, 0) is 10.2 Å². The highest BCUT2D eigenvalue weighted by atomic mass is 79.9. The molecule has 0 atom stereocenters. The van der Waals surface area contributed by atoms with Crippen molar-refractivity contribution in [1.29, 1.82) is 0 Å². The number of halogens is 1. The molecule has 4 rings (SSSR count). The predicted octanol–water partition coefficient (Wildman–Crippen LogP) is 4.27. The summed E-state index contributed by atoms with van der Waals surface area (Å²) in [5, 5.41) is 0. The number of hydrogen-bond donors (Lipinski definition) is 0. The topological polar surface area (TPSA) is 36.4 Å². The van der Waals surface area contributed by atoms with Crippen LogP contribution in [0, 0.1) is 0 Å². The Hall–Kier alpha value is -0.940. The second-order valence-electron chi connectivity index (χ2n) is 8.78. The molecule has 1 aromatic rings. The quantitative estimate of drug-likeness (QED) is 0.736. The Morgan fingerprint density at radius 3 is 2.40 bits per heavy atom. The van der Waals surface area contributed by atoms with E-state index in [0.717, 1.165) is 28.7 Å². The third-order valence-corrected chi connectivity index (χ3v) is 6.96. The van der Waals surface area contributed by atoms with Crippen molar-refractivity contribution in [2.75, 3.05) is 18.0 Å². The number of amides is 1. The van der Waals surface area contributed by atoms with E-state index < -0.39 is 5.41 Å². The summed E-state index contributed by atoms with van der Waals surface area (Å²) in [6.45, 7) is 8.82. The highest BCUT2D eigenvalue weighted by Crippen LogP contribution is 2.49. The zero-order valence-electron chi connectivity index (χ0n) is 15.5. The summed E-state index contributed by atoms with van der Waals surface area (Å²) in [5.74, 6) is 0.205. The van der Waals surface area contributed by atoms with Gasteiger partial charge in [0.1, 0.15) is 0 Å². The van der Waals surface area contributed by atoms with Gasteiger partial charge in [-0.3, -0.25) is 14.7 Å². The molecule has 0 N–H and O–H groups in total. The normalized spacial score (nSPS) is 32.2. The fraction of sp³-hybridized carbons (Fsp3) is 0.700. The molecule has 3 aliphatic rings. The minimum Gasteiger partial charge on any atom is -0.307 e. The SMILES string of the molecule is CC1(C)C(=O)N([C@H]2C[C@@](C)(N3CCCCCC3)C2)c2cc(Br)cnc21. The van der Waals surface area contributed by atoms with E-state index in [1.807, 2.05) is 18.7 Å². The summed E-state index contributed by atoms with van der Waals surface area (Å²) in [6.07, 6.45) is 9.30. The van der Waals surface area contributed by atoms with Crippen LogP contribution in [0.25, 0.3) is 0 Å². The van der Waals surface area contributed by atoms with Gasteiger partial charge >= 0.3 is 0 Å². The smallest absolute Gasteiger partial charge is 0.239 e. The molecule has 2 aliphatic heterocycles. The molecular weight excluding hydrogens is 378 g/mol. The lowest BCUT2D eigenvalue weighted by Crippen LogP contribution is -2.63. The molecule has 5 heteroatoms. The van der Waals surface area contributed by atoms with Gasteiger partial charge in [0.2, 0.25) is 5.91 Å². The Morgan fingerprint density at radius 1 is 1.12 bits per heavy atom. The van der Waals surface area contributed by atoms with E-state index in [0.29, 0.717) is 6.04 Å². The number of hydrogen-bond acceptors (Lipinski definition) is 3. The lowest BCUT2D eigenvalue weighted by atomic mass is 9.71. The van der Waals surface area contributed by atoms with Gasteiger partial charge in [-0.05, 0) is 81.5 Å². The zero-order valence-corrected chi connectivity index (χ0v) is 17.1. The monoisotopic (exact) mass is 405 g/mol. The maximum Gasteiger partial charge on any atom is 0.239 e. The van der Waals surface area contributed by atoms with Crippen molar-refractivity contribution in [2.45, 2.75) is 76.3 Å². The van der Waals surface area contributed by atoms with E-state index >= 15 is 0 Å². The van der Waals surface area contributed by atoms with E-state index in [2.05, 4.69) is 38.8 Å². The maximum atomic E-state index is 13.1. The average molecular weight is 406 g/mol. The van der Waals surface area contributed by atoms with Gasteiger partial charge in [0.25, 0.3) is 0 Å². The van der Waals surface area contributed by atoms with Crippen molar-refractivity contribution in [3.63, 3.8) is 0 Å². The Labute approximate surface area is 159 Å². The van der Waals surface area contributed by atoms with Crippen LogP contribution in [0.5, 0.6) is 0 Å². The lowest BCUT2D eigenvalue weighted by Gasteiger charge is -2.54. The molecule has 0 bridgehead atoms. The van der Waals surface area contributed by atoms with Crippen LogP contribution in [-0.4, -0.2) is 40.5 Å². The molecule has 3 heterocycles. The molecule has 2 fully saturated rings. The van der Waals surface area contributed by atoms with E-state index in [-0.39, 0.29) is 11.4 Å². The van der Waals surface area contributed by atoms with Crippen molar-refractivity contribution in [3.8, 4) is 0 Å². The summed E-state index contributed by atoms with van der Waals surface area (Å²) in [6, 6.07) is 2.37. The molecule has 136 valence electrons. The molecule has 25 heavy (non-hydrogen) atoms. The number of carbonyl (C=O) groups is 1. The third-order valence-electron chi connectivity index (χ3n) is 6.52. The van der Waals surface area contributed by atoms with Crippen molar-refractivity contribution in [1.82, 2.24) is 9.88 Å². The number of nitrogens with zero attached hydrogens (tertiary/aromatic N) is 3. The number of anilines is 1. The van der Waals surface area contributed by atoms with Crippen molar-refractivity contribution < 1.29 is 4.79 Å². The second-order valence-corrected chi connectivity index (χ2v) is 9.70. The molecule has 4 nitrogen and oxygen atoms in total. The first-order valence-electron chi connectivity index (χ1n) is 9.58. The van der Waals surface area contributed by atoms with Gasteiger partial charge < -0.3 is 4.90 Å². The van der Waals surface area contributed by atoms with Gasteiger partial charge in [-0.2, -0.15) is 0 Å². The van der Waals surface area contributed by atoms with Crippen LogP contribution in [0.2, 0.25) is 0 Å². The molecule has 1 amide bonds. The third kappa shape index (κ3) is 2.74. The number of carbonyl (C=O) groups excluding carboxylic acids is 1. The summed E-state index contributed by atoms with van der Waals surface area (Å²) < 4.78 is 0.941. The van der Waals surface area contributed by atoms with Gasteiger partial charge in [0.05, 0.1) is 16.8 Å². The van der Waals surface area contributed by atoms with Gasteiger partial charge in [0, 0.05) is 22.3 Å². The predicted molar refractivity (Wildman–Crippen MR) is 104 cm³/mol. The first kappa shape index (κ1) is 17.5. The first-order valence-corrected chi connectivity index (χ1v) is 10.4. The number of likely N-dealkylation sites (tertiary alicyclic amines) is 1. The molecule has 0 aromatic carbocycles. The van der Waals surface area contributed by atoms with E-state index in [4.69, 9.17) is 0 Å². The zero-order chi connectivity index (χ0) is 17.8. The molecule has 1 saturated heterocycles.